The summed E-state index contributed by atoms with van der Waals surface area (Å²) in [6.45, 7) is 6.94. The second-order valence-electron chi connectivity index (χ2n) is 8.15. The summed E-state index contributed by atoms with van der Waals surface area (Å²) in [4.78, 5) is 21.9. The Hall–Kier alpha value is -3.21. The van der Waals surface area contributed by atoms with Gasteiger partial charge in [-0.15, -0.1) is 0 Å². The molecule has 30 heavy (non-hydrogen) atoms. The number of hydrogen-bond acceptors (Lipinski definition) is 4. The SMILES string of the molecule is Cc1nccc2c1c(=O)n(C)c1cc(OCCCC(C)C)c(-c3ccccn3)cc21. The molecule has 0 saturated carbocycles. The van der Waals surface area contributed by atoms with E-state index in [9.17, 15) is 4.79 Å². The van der Waals surface area contributed by atoms with E-state index in [1.165, 1.54) is 0 Å². The van der Waals surface area contributed by atoms with Gasteiger partial charge in [0.25, 0.3) is 5.56 Å². The van der Waals surface area contributed by atoms with Gasteiger partial charge in [-0.05, 0) is 55.3 Å². The predicted octanol–water partition coefficient (Wildman–Crippen LogP) is 5.27. The molecule has 3 aromatic heterocycles. The van der Waals surface area contributed by atoms with E-state index in [2.05, 4.69) is 29.9 Å². The van der Waals surface area contributed by atoms with E-state index in [-0.39, 0.29) is 5.56 Å². The molecule has 4 aromatic rings. The molecule has 1 aromatic carbocycles. The fourth-order valence-electron chi connectivity index (χ4n) is 3.92. The van der Waals surface area contributed by atoms with Crippen LogP contribution in [0.4, 0.5) is 0 Å². The first-order chi connectivity index (χ1) is 14.5. The lowest BCUT2D eigenvalue weighted by molar-refractivity contribution is 0.299. The Kier molecular flexibility index (Phi) is 5.53. The number of nitrogens with zero attached hydrogens (tertiary/aromatic N) is 3. The zero-order valence-corrected chi connectivity index (χ0v) is 18.0. The fourth-order valence-corrected chi connectivity index (χ4v) is 3.92. The maximum absolute atomic E-state index is 13.0. The highest BCUT2D eigenvalue weighted by molar-refractivity contribution is 6.08. The molecule has 4 rings (SSSR count). The van der Waals surface area contributed by atoms with Gasteiger partial charge in [0.1, 0.15) is 5.75 Å². The minimum absolute atomic E-state index is 0.0422. The van der Waals surface area contributed by atoms with Crippen molar-refractivity contribution in [3.63, 3.8) is 0 Å². The van der Waals surface area contributed by atoms with Crippen molar-refractivity contribution in [3.05, 3.63) is 64.8 Å². The van der Waals surface area contributed by atoms with Crippen LogP contribution in [0.2, 0.25) is 0 Å². The number of rotatable bonds is 6. The van der Waals surface area contributed by atoms with Gasteiger partial charge in [0, 0.05) is 36.5 Å². The van der Waals surface area contributed by atoms with Crippen LogP contribution in [0.25, 0.3) is 32.9 Å². The Morgan fingerprint density at radius 1 is 1.07 bits per heavy atom. The van der Waals surface area contributed by atoms with Gasteiger partial charge in [0.15, 0.2) is 0 Å². The van der Waals surface area contributed by atoms with Crippen molar-refractivity contribution in [2.75, 3.05) is 6.61 Å². The summed E-state index contributed by atoms with van der Waals surface area (Å²) >= 11 is 0. The van der Waals surface area contributed by atoms with E-state index in [0.717, 1.165) is 51.8 Å². The molecular formula is C25H27N3O2. The summed E-state index contributed by atoms with van der Waals surface area (Å²) in [5.41, 5.74) is 3.33. The van der Waals surface area contributed by atoms with Crippen LogP contribution >= 0.6 is 0 Å². The zero-order valence-electron chi connectivity index (χ0n) is 18.0. The highest BCUT2D eigenvalue weighted by atomic mass is 16.5. The van der Waals surface area contributed by atoms with Gasteiger partial charge in [-0.3, -0.25) is 14.8 Å². The van der Waals surface area contributed by atoms with Gasteiger partial charge >= 0.3 is 0 Å². The first-order valence-corrected chi connectivity index (χ1v) is 10.4. The minimum Gasteiger partial charge on any atom is -0.493 e. The molecule has 0 aliphatic rings. The Balaban J connectivity index is 1.94. The van der Waals surface area contributed by atoms with Crippen molar-refractivity contribution >= 4 is 21.7 Å². The zero-order chi connectivity index (χ0) is 21.3. The Bertz CT molecular complexity index is 1260. The fraction of sp³-hybridized carbons (Fsp3) is 0.320. The highest BCUT2D eigenvalue weighted by Crippen LogP contribution is 2.35. The van der Waals surface area contributed by atoms with Crippen molar-refractivity contribution in [1.82, 2.24) is 14.5 Å². The predicted molar refractivity (Wildman–Crippen MR) is 122 cm³/mol. The lowest BCUT2D eigenvalue weighted by atomic mass is 10.0. The molecule has 0 fully saturated rings. The lowest BCUT2D eigenvalue weighted by Crippen LogP contribution is -2.18. The van der Waals surface area contributed by atoms with Crippen molar-refractivity contribution in [2.24, 2.45) is 13.0 Å². The van der Waals surface area contributed by atoms with Crippen LogP contribution in [-0.2, 0) is 7.05 Å². The van der Waals surface area contributed by atoms with Gasteiger partial charge in [-0.1, -0.05) is 19.9 Å². The standard InChI is InChI=1S/C25H27N3O2/c1-16(2)8-7-13-30-23-15-22-19(14-20(23)21-9-5-6-11-27-21)18-10-12-26-17(3)24(18)25(29)28(22)4/h5-6,9-12,14-16H,7-8,13H2,1-4H3. The molecule has 5 heteroatoms. The molecule has 0 radical (unpaired) electrons. The molecular weight excluding hydrogens is 374 g/mol. The molecule has 0 N–H and O–H groups in total. The monoisotopic (exact) mass is 401 g/mol. The topological polar surface area (TPSA) is 57.0 Å². The average Bonchev–Trinajstić information content (AvgIpc) is 2.75. The Morgan fingerprint density at radius 3 is 2.63 bits per heavy atom. The quantitative estimate of drug-likeness (QED) is 0.326. The van der Waals surface area contributed by atoms with Gasteiger partial charge in [0.2, 0.25) is 0 Å². The van der Waals surface area contributed by atoms with E-state index < -0.39 is 0 Å². The molecule has 0 saturated heterocycles. The van der Waals surface area contributed by atoms with E-state index in [1.54, 1.807) is 24.0 Å². The molecule has 0 aliphatic carbocycles. The molecule has 0 unspecified atom stereocenters. The largest absolute Gasteiger partial charge is 0.493 e. The van der Waals surface area contributed by atoms with Crippen LogP contribution in [-0.4, -0.2) is 21.1 Å². The van der Waals surface area contributed by atoms with Gasteiger partial charge < -0.3 is 9.30 Å². The van der Waals surface area contributed by atoms with E-state index in [1.807, 2.05) is 37.3 Å². The Morgan fingerprint density at radius 2 is 1.90 bits per heavy atom. The summed E-state index contributed by atoms with van der Waals surface area (Å²) in [6.07, 6.45) is 5.64. The van der Waals surface area contributed by atoms with Crippen LogP contribution in [0, 0.1) is 12.8 Å². The second-order valence-corrected chi connectivity index (χ2v) is 8.15. The molecule has 0 spiro atoms. The number of hydrogen-bond donors (Lipinski definition) is 0. The summed E-state index contributed by atoms with van der Waals surface area (Å²) in [6, 6.07) is 11.8. The number of fused-ring (bicyclic) bond motifs is 3. The van der Waals surface area contributed by atoms with Crippen LogP contribution in [0.15, 0.2) is 53.6 Å². The summed E-state index contributed by atoms with van der Waals surface area (Å²) < 4.78 is 7.90. The minimum atomic E-state index is -0.0422. The normalized spacial score (nSPS) is 11.5. The number of ether oxygens (including phenoxy) is 1. The number of pyridine rings is 3. The number of aryl methyl sites for hydroxylation is 2. The number of benzene rings is 1. The van der Waals surface area contributed by atoms with Crippen LogP contribution < -0.4 is 10.3 Å². The Labute approximate surface area is 176 Å². The van der Waals surface area contributed by atoms with Gasteiger partial charge in [-0.2, -0.15) is 0 Å². The third-order valence-corrected chi connectivity index (χ3v) is 5.53. The summed E-state index contributed by atoms with van der Waals surface area (Å²) in [5.74, 6) is 1.40. The molecule has 154 valence electrons. The van der Waals surface area contributed by atoms with Gasteiger partial charge in [0.05, 0.1) is 28.9 Å². The third-order valence-electron chi connectivity index (χ3n) is 5.53. The number of aromatic nitrogens is 3. The molecule has 0 bridgehead atoms. The van der Waals surface area contributed by atoms with E-state index in [4.69, 9.17) is 4.74 Å². The van der Waals surface area contributed by atoms with E-state index in [0.29, 0.717) is 17.9 Å². The first-order valence-electron chi connectivity index (χ1n) is 10.4. The molecule has 0 atom stereocenters. The van der Waals surface area contributed by atoms with Crippen LogP contribution in [0.5, 0.6) is 5.75 Å². The van der Waals surface area contributed by atoms with E-state index >= 15 is 0 Å². The first kappa shape index (κ1) is 20.1. The van der Waals surface area contributed by atoms with Crippen molar-refractivity contribution in [1.29, 1.82) is 0 Å². The molecule has 0 aliphatic heterocycles. The molecule has 5 nitrogen and oxygen atoms in total. The summed E-state index contributed by atoms with van der Waals surface area (Å²) in [7, 11) is 1.81. The maximum atomic E-state index is 13.0. The smallest absolute Gasteiger partial charge is 0.260 e. The van der Waals surface area contributed by atoms with Crippen molar-refractivity contribution in [3.8, 4) is 17.0 Å². The summed E-state index contributed by atoms with van der Waals surface area (Å²) in [5, 5.41) is 2.56. The highest BCUT2D eigenvalue weighted by Gasteiger charge is 2.16. The van der Waals surface area contributed by atoms with Crippen LogP contribution in [0.1, 0.15) is 32.4 Å². The molecule has 3 heterocycles. The lowest BCUT2D eigenvalue weighted by Gasteiger charge is -2.16. The van der Waals surface area contributed by atoms with Gasteiger partial charge in [-0.25, -0.2) is 0 Å². The third kappa shape index (κ3) is 3.67. The molecule has 0 amide bonds. The van der Waals surface area contributed by atoms with Crippen LogP contribution in [0.3, 0.4) is 0 Å². The maximum Gasteiger partial charge on any atom is 0.260 e. The average molecular weight is 402 g/mol. The van der Waals surface area contributed by atoms with Crippen molar-refractivity contribution < 1.29 is 4.74 Å². The van der Waals surface area contributed by atoms with Crippen molar-refractivity contribution in [2.45, 2.75) is 33.6 Å². The second kappa shape index (κ2) is 8.27.